The second-order valence-electron chi connectivity index (χ2n) is 4.94. The zero-order chi connectivity index (χ0) is 16.8. The van der Waals surface area contributed by atoms with Crippen molar-refractivity contribution in [2.24, 2.45) is 0 Å². The molecule has 124 valence electrons. The molecule has 0 radical (unpaired) electrons. The van der Waals surface area contributed by atoms with Crippen molar-refractivity contribution in [1.82, 2.24) is 5.32 Å². The Morgan fingerprint density at radius 1 is 1.48 bits per heavy atom. The molecule has 0 saturated carbocycles. The summed E-state index contributed by atoms with van der Waals surface area (Å²) in [6.45, 7) is 0.579. The third kappa shape index (κ3) is 4.90. The number of hydrogen-bond donors (Lipinski definition) is 1. The minimum Gasteiger partial charge on any atom is -0.452 e. The van der Waals surface area contributed by atoms with E-state index in [1.165, 1.54) is 12.1 Å². The summed E-state index contributed by atoms with van der Waals surface area (Å²) in [6, 6.07) is 3.53. The summed E-state index contributed by atoms with van der Waals surface area (Å²) in [7, 11) is 0. The molecule has 1 aliphatic heterocycles. The van der Waals surface area contributed by atoms with Gasteiger partial charge in [0.15, 0.2) is 6.61 Å². The SMILES string of the molecule is O=C(COC(=O)c1ccc(Cl)c([N+](=O)[O-])c1)NC[C@@H]1CCCO1. The summed E-state index contributed by atoms with van der Waals surface area (Å²) < 4.78 is 10.2. The number of rotatable bonds is 6. The molecular weight excluding hydrogens is 328 g/mol. The number of halogens is 1. The van der Waals surface area contributed by atoms with E-state index in [1.807, 2.05) is 0 Å². The van der Waals surface area contributed by atoms with Gasteiger partial charge in [0.2, 0.25) is 0 Å². The highest BCUT2D eigenvalue weighted by atomic mass is 35.5. The Balaban J connectivity index is 1.83. The van der Waals surface area contributed by atoms with Gasteiger partial charge in [-0.15, -0.1) is 0 Å². The maximum atomic E-state index is 11.8. The fraction of sp³-hybridized carbons (Fsp3) is 0.429. The van der Waals surface area contributed by atoms with Gasteiger partial charge in [-0.05, 0) is 25.0 Å². The molecule has 1 aliphatic rings. The highest BCUT2D eigenvalue weighted by Gasteiger charge is 2.19. The molecular formula is C14H15ClN2O6. The molecule has 1 saturated heterocycles. The number of benzene rings is 1. The van der Waals surface area contributed by atoms with Crippen LogP contribution in [0.15, 0.2) is 18.2 Å². The van der Waals surface area contributed by atoms with Crippen LogP contribution in [0.1, 0.15) is 23.2 Å². The number of nitro groups is 1. The van der Waals surface area contributed by atoms with Crippen molar-refractivity contribution >= 4 is 29.2 Å². The van der Waals surface area contributed by atoms with E-state index >= 15 is 0 Å². The molecule has 0 bridgehead atoms. The zero-order valence-electron chi connectivity index (χ0n) is 12.1. The number of nitrogens with one attached hydrogen (secondary N) is 1. The highest BCUT2D eigenvalue weighted by Crippen LogP contribution is 2.25. The second-order valence-corrected chi connectivity index (χ2v) is 5.35. The highest BCUT2D eigenvalue weighted by molar-refractivity contribution is 6.32. The molecule has 1 aromatic carbocycles. The molecule has 1 heterocycles. The maximum absolute atomic E-state index is 11.8. The van der Waals surface area contributed by atoms with Crippen LogP contribution in [0.5, 0.6) is 0 Å². The van der Waals surface area contributed by atoms with Gasteiger partial charge in [-0.1, -0.05) is 11.6 Å². The smallest absolute Gasteiger partial charge is 0.338 e. The topological polar surface area (TPSA) is 108 Å². The zero-order valence-corrected chi connectivity index (χ0v) is 12.9. The van der Waals surface area contributed by atoms with E-state index in [4.69, 9.17) is 21.1 Å². The largest absolute Gasteiger partial charge is 0.452 e. The van der Waals surface area contributed by atoms with Crippen LogP contribution in [-0.4, -0.2) is 42.7 Å². The van der Waals surface area contributed by atoms with Crippen molar-refractivity contribution in [3.63, 3.8) is 0 Å². The molecule has 0 unspecified atom stereocenters. The van der Waals surface area contributed by atoms with Gasteiger partial charge in [-0.3, -0.25) is 14.9 Å². The van der Waals surface area contributed by atoms with Crippen LogP contribution in [0.25, 0.3) is 0 Å². The molecule has 0 spiro atoms. The molecule has 2 rings (SSSR count). The normalized spacial score (nSPS) is 16.8. The van der Waals surface area contributed by atoms with Crippen LogP contribution in [-0.2, 0) is 14.3 Å². The molecule has 8 nitrogen and oxygen atoms in total. The summed E-state index contributed by atoms with van der Waals surface area (Å²) in [5, 5.41) is 13.3. The first kappa shape index (κ1) is 17.2. The van der Waals surface area contributed by atoms with Crippen molar-refractivity contribution in [2.75, 3.05) is 19.8 Å². The number of carbonyl (C=O) groups is 2. The molecule has 1 fully saturated rings. The average molecular weight is 343 g/mol. The molecule has 1 amide bonds. The third-order valence-corrected chi connectivity index (χ3v) is 3.58. The quantitative estimate of drug-likeness (QED) is 0.479. The van der Waals surface area contributed by atoms with Crippen LogP contribution < -0.4 is 5.32 Å². The van der Waals surface area contributed by atoms with E-state index < -0.39 is 29.1 Å². The number of esters is 1. The third-order valence-electron chi connectivity index (χ3n) is 3.26. The predicted molar refractivity (Wildman–Crippen MR) is 80.4 cm³/mol. The molecule has 23 heavy (non-hydrogen) atoms. The van der Waals surface area contributed by atoms with Gasteiger partial charge in [0.1, 0.15) is 5.02 Å². The number of nitro benzene ring substituents is 1. The molecule has 9 heteroatoms. The van der Waals surface area contributed by atoms with Gasteiger partial charge < -0.3 is 14.8 Å². The van der Waals surface area contributed by atoms with Crippen LogP contribution in [0.3, 0.4) is 0 Å². The molecule has 0 aromatic heterocycles. The lowest BCUT2D eigenvalue weighted by molar-refractivity contribution is -0.384. The number of amides is 1. The number of hydrogen-bond acceptors (Lipinski definition) is 6. The summed E-state index contributed by atoms with van der Waals surface area (Å²) in [5.41, 5.74) is -0.447. The first-order chi connectivity index (χ1) is 11.0. The van der Waals surface area contributed by atoms with Gasteiger partial charge in [-0.2, -0.15) is 0 Å². The monoisotopic (exact) mass is 342 g/mol. The maximum Gasteiger partial charge on any atom is 0.338 e. The Kier molecular flexibility index (Phi) is 5.89. The molecule has 0 aliphatic carbocycles. The first-order valence-electron chi connectivity index (χ1n) is 6.96. The Morgan fingerprint density at radius 3 is 2.91 bits per heavy atom. The Labute approximate surface area is 136 Å². The Hall–Kier alpha value is -2.19. The van der Waals surface area contributed by atoms with E-state index in [2.05, 4.69) is 5.32 Å². The summed E-state index contributed by atoms with van der Waals surface area (Å²) in [6.07, 6.45) is 1.84. The van der Waals surface area contributed by atoms with Crippen molar-refractivity contribution < 1.29 is 24.0 Å². The van der Waals surface area contributed by atoms with Crippen LogP contribution in [0.4, 0.5) is 5.69 Å². The lowest BCUT2D eigenvalue weighted by Gasteiger charge is -2.11. The van der Waals surface area contributed by atoms with Gasteiger partial charge in [0, 0.05) is 19.2 Å². The lowest BCUT2D eigenvalue weighted by atomic mass is 10.2. The number of ether oxygens (including phenoxy) is 2. The van der Waals surface area contributed by atoms with Crippen LogP contribution >= 0.6 is 11.6 Å². The summed E-state index contributed by atoms with van der Waals surface area (Å²) in [5.74, 6) is -1.30. The molecule has 1 aromatic rings. The first-order valence-corrected chi connectivity index (χ1v) is 7.34. The van der Waals surface area contributed by atoms with Gasteiger partial charge >= 0.3 is 5.97 Å². The molecule has 1 atom stereocenters. The van der Waals surface area contributed by atoms with Crippen LogP contribution in [0, 0.1) is 10.1 Å². The van der Waals surface area contributed by atoms with Crippen molar-refractivity contribution in [1.29, 1.82) is 0 Å². The summed E-state index contributed by atoms with van der Waals surface area (Å²) >= 11 is 5.66. The Bertz CT molecular complexity index is 615. The van der Waals surface area contributed by atoms with Crippen molar-refractivity contribution in [2.45, 2.75) is 18.9 Å². The number of nitrogens with zero attached hydrogens (tertiary/aromatic N) is 1. The standard InChI is InChI=1S/C14H15ClN2O6/c15-11-4-3-9(6-12(11)17(20)21)14(19)23-8-13(18)16-7-10-2-1-5-22-10/h3-4,6,10H,1-2,5,7-8H2,(H,16,18)/t10-/m0/s1. The fourth-order valence-corrected chi connectivity index (χ4v) is 2.26. The van der Waals surface area contributed by atoms with E-state index in [1.54, 1.807) is 0 Å². The van der Waals surface area contributed by atoms with E-state index in [0.29, 0.717) is 13.2 Å². The van der Waals surface area contributed by atoms with Crippen LogP contribution in [0.2, 0.25) is 5.02 Å². The van der Waals surface area contributed by atoms with Crippen molar-refractivity contribution in [3.8, 4) is 0 Å². The predicted octanol–water partition coefficient (Wildman–Crippen LogP) is 1.70. The average Bonchev–Trinajstić information content (AvgIpc) is 3.04. The van der Waals surface area contributed by atoms with E-state index in [0.717, 1.165) is 18.9 Å². The molecule has 1 N–H and O–H groups in total. The summed E-state index contributed by atoms with van der Waals surface area (Å²) in [4.78, 5) is 33.5. The minimum absolute atomic E-state index is 0.00596. The number of carbonyl (C=O) groups excluding carboxylic acids is 2. The van der Waals surface area contributed by atoms with E-state index in [9.17, 15) is 19.7 Å². The van der Waals surface area contributed by atoms with E-state index in [-0.39, 0.29) is 16.7 Å². The van der Waals surface area contributed by atoms with Gasteiger partial charge in [-0.25, -0.2) is 4.79 Å². The van der Waals surface area contributed by atoms with Crippen molar-refractivity contribution in [3.05, 3.63) is 38.9 Å². The lowest BCUT2D eigenvalue weighted by Crippen LogP contribution is -2.34. The van der Waals surface area contributed by atoms with Gasteiger partial charge in [0.25, 0.3) is 11.6 Å². The minimum atomic E-state index is -0.836. The fourth-order valence-electron chi connectivity index (χ4n) is 2.08. The Morgan fingerprint density at radius 2 is 2.26 bits per heavy atom. The van der Waals surface area contributed by atoms with Gasteiger partial charge in [0.05, 0.1) is 16.6 Å². The second kappa shape index (κ2) is 7.89.